The highest BCUT2D eigenvalue weighted by atomic mass is 35.5. The Hall–Kier alpha value is -5.14. The molecular formula is C66H80Cl6N12O8. The predicted molar refractivity (Wildman–Crippen MR) is 362 cm³/mol. The first-order valence-electron chi connectivity index (χ1n) is 31.4. The van der Waals surface area contributed by atoms with Crippen molar-refractivity contribution in [1.82, 2.24) is 50.8 Å². The molecule has 2 aromatic heterocycles. The molecule has 0 radical (unpaired) electrons. The minimum absolute atomic E-state index is 0.0251. The number of aromatic amines is 2. The molecule has 0 aliphatic carbocycles. The first kappa shape index (κ1) is 68.3. The number of morpholine rings is 2. The summed E-state index contributed by atoms with van der Waals surface area (Å²) in [6.07, 6.45) is -1.05. The number of aromatic nitrogens is 2. The number of H-pyrrole nitrogens is 2. The molecule has 11 rings (SSSR count). The second-order valence-electron chi connectivity index (χ2n) is 26.8. The molecule has 8 heterocycles. The van der Waals surface area contributed by atoms with Crippen LogP contribution in [0, 0.1) is 0 Å². The van der Waals surface area contributed by atoms with Crippen molar-refractivity contribution in [3.63, 3.8) is 0 Å². The largest absolute Gasteiger partial charge is 0.366 e. The number of carbonyl (C=O) groups is 4. The summed E-state index contributed by atoms with van der Waals surface area (Å²) in [6, 6.07) is 17.9. The summed E-state index contributed by atoms with van der Waals surface area (Å²) in [5.74, 6) is -0.577. The lowest BCUT2D eigenvalue weighted by Gasteiger charge is -2.43. The fourth-order valence-corrected chi connectivity index (χ4v) is 15.5. The number of ether oxygens (including phenoxy) is 2. The quantitative estimate of drug-likeness (QED) is 0.0534. The van der Waals surface area contributed by atoms with Crippen LogP contribution in [0.5, 0.6) is 0 Å². The van der Waals surface area contributed by atoms with Gasteiger partial charge in [-0.2, -0.15) is 0 Å². The second kappa shape index (κ2) is 28.7. The third-order valence-corrected chi connectivity index (χ3v) is 20.5. The number of hydrogen-bond acceptors (Lipinski definition) is 14. The number of anilines is 2. The van der Waals surface area contributed by atoms with E-state index in [4.69, 9.17) is 79.1 Å². The van der Waals surface area contributed by atoms with Gasteiger partial charge in [0, 0.05) is 192 Å². The van der Waals surface area contributed by atoms with Gasteiger partial charge in [-0.3, -0.25) is 48.4 Å². The lowest BCUT2D eigenvalue weighted by atomic mass is 9.91. The zero-order valence-electron chi connectivity index (χ0n) is 52.6. The van der Waals surface area contributed by atoms with Crippen LogP contribution in [0.2, 0.25) is 30.1 Å². The van der Waals surface area contributed by atoms with Gasteiger partial charge in [0.1, 0.15) is 12.2 Å². The fourth-order valence-electron chi connectivity index (χ4n) is 13.6. The van der Waals surface area contributed by atoms with Gasteiger partial charge in [-0.25, -0.2) is 0 Å². The van der Waals surface area contributed by atoms with Crippen LogP contribution in [0.4, 0.5) is 11.4 Å². The van der Waals surface area contributed by atoms with Gasteiger partial charge in [-0.05, 0) is 72.5 Å². The summed E-state index contributed by atoms with van der Waals surface area (Å²) in [5, 5.41) is 15.5. The number of piperazine rings is 2. The maximum absolute atomic E-state index is 14.5. The molecule has 4 amide bonds. The van der Waals surface area contributed by atoms with Crippen molar-refractivity contribution in [3.05, 3.63) is 156 Å². The predicted octanol–water partition coefficient (Wildman–Crippen LogP) is 6.77. The van der Waals surface area contributed by atoms with Crippen molar-refractivity contribution in [3.8, 4) is 0 Å². The summed E-state index contributed by atoms with van der Waals surface area (Å²) < 4.78 is 12.0. The van der Waals surface area contributed by atoms with E-state index >= 15 is 0 Å². The lowest BCUT2D eigenvalue weighted by Crippen LogP contribution is -2.62. The van der Waals surface area contributed by atoms with Crippen LogP contribution in [-0.2, 0) is 65.4 Å². The molecule has 6 N–H and O–H groups in total. The third kappa shape index (κ3) is 15.7. The van der Waals surface area contributed by atoms with Gasteiger partial charge in [0.15, 0.2) is 0 Å². The Morgan fingerprint density at radius 1 is 0.554 bits per heavy atom. The summed E-state index contributed by atoms with van der Waals surface area (Å²) in [5.41, 5.74) is 5.00. The van der Waals surface area contributed by atoms with Crippen molar-refractivity contribution in [1.29, 1.82) is 0 Å². The molecule has 0 spiro atoms. The molecule has 0 saturated carbocycles. The molecule has 92 heavy (non-hydrogen) atoms. The van der Waals surface area contributed by atoms with E-state index in [0.717, 1.165) is 11.1 Å². The number of rotatable bonds is 18. The average molecular weight is 1380 g/mol. The Morgan fingerprint density at radius 2 is 0.924 bits per heavy atom. The Bertz CT molecular complexity index is 3450. The zero-order valence-corrected chi connectivity index (χ0v) is 57.1. The fraction of sp³-hybridized carbons (Fsp3) is 0.515. The van der Waals surface area contributed by atoms with E-state index in [-0.39, 0.29) is 97.9 Å². The molecule has 4 fully saturated rings. The first-order chi connectivity index (χ1) is 43.7. The van der Waals surface area contributed by atoms with Crippen molar-refractivity contribution >= 4 is 105 Å². The molecule has 5 aromatic rings. The van der Waals surface area contributed by atoms with E-state index in [9.17, 15) is 28.8 Å². The summed E-state index contributed by atoms with van der Waals surface area (Å²) >= 11 is 38.5. The maximum Gasteiger partial charge on any atom is 0.251 e. The molecule has 4 saturated heterocycles. The van der Waals surface area contributed by atoms with Gasteiger partial charge in [-0.15, -0.1) is 0 Å². The number of pyridine rings is 2. The maximum atomic E-state index is 14.5. The Balaban J connectivity index is 0.636. The normalized spacial score (nSPS) is 23.5. The van der Waals surface area contributed by atoms with Gasteiger partial charge in [0.2, 0.25) is 11.8 Å². The van der Waals surface area contributed by atoms with Crippen LogP contribution in [0.1, 0.15) is 86.3 Å². The van der Waals surface area contributed by atoms with Gasteiger partial charge < -0.3 is 50.5 Å². The molecule has 26 heteroatoms. The number of nitrogens with zero attached hydrogens (tertiary/aromatic N) is 6. The van der Waals surface area contributed by atoms with E-state index in [0.29, 0.717) is 167 Å². The molecule has 3 aromatic carbocycles. The number of fused-ring (bicyclic) bond motifs is 2. The Labute approximate surface area is 566 Å². The molecular weight excluding hydrogens is 1300 g/mol. The molecule has 20 nitrogen and oxygen atoms in total. The van der Waals surface area contributed by atoms with E-state index < -0.39 is 23.0 Å². The zero-order chi connectivity index (χ0) is 65.5. The molecule has 6 atom stereocenters. The summed E-state index contributed by atoms with van der Waals surface area (Å²) in [7, 11) is 0. The average Bonchev–Trinajstić information content (AvgIpc) is 1.61. The van der Waals surface area contributed by atoms with Gasteiger partial charge in [0.05, 0.1) is 37.7 Å². The Kier molecular flexibility index (Phi) is 21.3. The number of halogens is 6. The standard InChI is InChI=1S/C66H80Cl6N12O8/c1-37-27-81(33-57(85)83-35-65(3,4)59-53(83)17-41(61(87)77-59)15-47-49(69)19-43(67)20-50(47)70)45(25-73-37)29-79-11-13-91-55(31-79)63(89)75-23-39-7-9-40(10-8-39)24-76-64(90)56-32-80(12-14-92-56)30-46-26-74-38(2)28-82(46)34-58(86)84-36-66(5,6)60-54(84)18-42(62(88)78-60)16-48-51(71)21-44(68)22-52(48)72/h7-10,17-22,37-38,45-46,55-56,73-74H,11-16,23-36H2,1-6H3,(H,75,89)(H,76,90)(H,77,87)(H,78,88)/t37-,38-,45-,46-,55+,56+/m1/s1. The van der Waals surface area contributed by atoms with Gasteiger partial charge in [-0.1, -0.05) is 122 Å². The van der Waals surface area contributed by atoms with Crippen LogP contribution in [0.25, 0.3) is 0 Å². The molecule has 6 aliphatic rings. The minimum Gasteiger partial charge on any atom is -0.366 e. The van der Waals surface area contributed by atoms with Crippen molar-refractivity contribution in [2.75, 3.05) is 115 Å². The van der Waals surface area contributed by atoms with Gasteiger partial charge >= 0.3 is 0 Å². The highest BCUT2D eigenvalue weighted by Gasteiger charge is 2.44. The van der Waals surface area contributed by atoms with Crippen LogP contribution < -0.4 is 42.2 Å². The van der Waals surface area contributed by atoms with E-state index in [1.807, 2.05) is 52.0 Å². The van der Waals surface area contributed by atoms with E-state index in [2.05, 4.69) is 64.7 Å². The molecule has 0 unspecified atom stereocenters. The molecule has 494 valence electrons. The van der Waals surface area contributed by atoms with Crippen molar-refractivity contribution in [2.45, 2.75) is 115 Å². The number of benzene rings is 3. The number of carbonyl (C=O) groups excluding carboxylic acids is 4. The van der Waals surface area contributed by atoms with Crippen LogP contribution in [0.15, 0.2) is 70.3 Å². The monoisotopic (exact) mass is 1380 g/mol. The van der Waals surface area contributed by atoms with Gasteiger partial charge in [0.25, 0.3) is 22.9 Å². The summed E-state index contributed by atoms with van der Waals surface area (Å²) in [4.78, 5) is 102. The summed E-state index contributed by atoms with van der Waals surface area (Å²) in [6.45, 7) is 20.7. The van der Waals surface area contributed by atoms with E-state index in [1.165, 1.54) is 0 Å². The smallest absolute Gasteiger partial charge is 0.251 e. The number of amides is 4. The minimum atomic E-state index is -0.684. The van der Waals surface area contributed by atoms with Crippen molar-refractivity contribution < 1.29 is 28.7 Å². The van der Waals surface area contributed by atoms with Crippen LogP contribution >= 0.6 is 69.6 Å². The molecule has 6 aliphatic heterocycles. The molecule has 0 bridgehead atoms. The second-order valence-corrected chi connectivity index (χ2v) is 29.3. The van der Waals surface area contributed by atoms with Crippen LogP contribution in [0.3, 0.4) is 0 Å². The van der Waals surface area contributed by atoms with Crippen molar-refractivity contribution in [2.24, 2.45) is 0 Å². The van der Waals surface area contributed by atoms with Crippen LogP contribution in [-0.4, -0.2) is 194 Å². The lowest BCUT2D eigenvalue weighted by molar-refractivity contribution is -0.139. The number of nitrogens with one attached hydrogen (secondary N) is 6. The Morgan fingerprint density at radius 3 is 1.29 bits per heavy atom. The highest BCUT2D eigenvalue weighted by molar-refractivity contribution is 6.40. The SMILES string of the molecule is C[C@@H]1CN(CC(=O)N2CC(C)(C)c3[nH]c(=O)c(Cc4c(Cl)cc(Cl)cc4Cl)cc32)[C@@H](CN2CCO[C@H](C(=O)NCc3ccc(CNC(=O)[C@@H]4CN(C[C@H]5CN[C@H](C)CN5CC(=O)N5CC(C)(C)c6[nH]c(=O)c(Cc7c(Cl)cc(Cl)cc7Cl)cc65)CCO4)cc3)C2)CN1. The topological polar surface area (TPSA) is 220 Å². The van der Waals surface area contributed by atoms with E-state index in [1.54, 1.807) is 46.2 Å². The third-order valence-electron chi connectivity index (χ3n) is 18.7. The highest BCUT2D eigenvalue weighted by Crippen LogP contribution is 2.42. The number of hydrogen-bond donors (Lipinski definition) is 6. The first-order valence-corrected chi connectivity index (χ1v) is 33.7.